The number of nitrogens with zero attached hydrogens (tertiary/aromatic N) is 1. The number of nitrogens with two attached hydrogens (primary N) is 1. The largest absolute Gasteiger partial charge is 0.323 e. The molecule has 0 aromatic heterocycles. The van der Waals surface area contributed by atoms with Gasteiger partial charge >= 0.3 is 0 Å². The molecule has 1 fully saturated rings. The van der Waals surface area contributed by atoms with Crippen LogP contribution < -0.4 is 5.73 Å². The highest BCUT2D eigenvalue weighted by Gasteiger charge is 2.30. The number of halogens is 1. The lowest BCUT2D eigenvalue weighted by molar-refractivity contribution is 0.627. The number of benzene rings is 1. The molecule has 2 nitrogen and oxygen atoms in total. The van der Waals surface area contributed by atoms with E-state index in [2.05, 4.69) is 17.3 Å². The van der Waals surface area contributed by atoms with E-state index in [0.29, 0.717) is 17.2 Å². The molecule has 116 valence electrons. The van der Waals surface area contributed by atoms with Crippen LogP contribution in [0, 0.1) is 11.7 Å². The summed E-state index contributed by atoms with van der Waals surface area (Å²) in [7, 11) is 0. The van der Waals surface area contributed by atoms with Crippen LogP contribution in [-0.4, -0.2) is 11.8 Å². The van der Waals surface area contributed by atoms with Gasteiger partial charge in [-0.3, -0.25) is 0 Å². The van der Waals surface area contributed by atoms with Crippen molar-refractivity contribution >= 4 is 11.4 Å². The van der Waals surface area contributed by atoms with Gasteiger partial charge in [0.15, 0.2) is 0 Å². The summed E-state index contributed by atoms with van der Waals surface area (Å²) < 4.78 is 13.3. The Morgan fingerprint density at radius 1 is 1.52 bits per heavy atom. The normalized spacial score (nSPS) is 15.6. The van der Waals surface area contributed by atoms with Gasteiger partial charge in [0.05, 0.1) is 0 Å². The zero-order chi connectivity index (χ0) is 15.8. The van der Waals surface area contributed by atoms with E-state index in [4.69, 9.17) is 5.73 Å². The van der Waals surface area contributed by atoms with Crippen LogP contribution in [0.4, 0.5) is 4.39 Å². The first kappa shape index (κ1) is 17.4. The number of rotatable bonds is 5. The van der Waals surface area contributed by atoms with Crippen molar-refractivity contribution in [2.45, 2.75) is 46.1 Å². The molecule has 2 rings (SSSR count). The van der Waals surface area contributed by atoms with Gasteiger partial charge in [-0.25, -0.2) is 9.38 Å². The van der Waals surface area contributed by atoms with Crippen molar-refractivity contribution in [3.05, 3.63) is 48.0 Å². The first-order chi connectivity index (χ1) is 10.2. The lowest BCUT2D eigenvalue weighted by Gasteiger charge is -2.13. The van der Waals surface area contributed by atoms with Gasteiger partial charge in [0, 0.05) is 18.7 Å². The fraction of sp³-hybridized carbons (Fsp3) is 0.444. The van der Waals surface area contributed by atoms with Crippen LogP contribution in [0.3, 0.4) is 0 Å². The van der Waals surface area contributed by atoms with E-state index in [0.717, 1.165) is 25.0 Å². The van der Waals surface area contributed by atoms with Gasteiger partial charge in [-0.15, -0.1) is 5.73 Å². The van der Waals surface area contributed by atoms with Crippen molar-refractivity contribution in [3.63, 3.8) is 0 Å². The molecule has 1 aromatic rings. The molecular weight excluding hydrogens is 263 g/mol. The summed E-state index contributed by atoms with van der Waals surface area (Å²) in [5.41, 5.74) is 11.2. The summed E-state index contributed by atoms with van der Waals surface area (Å²) in [5, 5.41) is 0. The Morgan fingerprint density at radius 2 is 2.19 bits per heavy atom. The fourth-order valence-electron chi connectivity index (χ4n) is 2.04. The summed E-state index contributed by atoms with van der Waals surface area (Å²) in [5.74, 6) is 0.195. The molecule has 0 amide bonds. The summed E-state index contributed by atoms with van der Waals surface area (Å²) in [4.78, 5) is 4.61. The lowest BCUT2D eigenvalue weighted by Crippen LogP contribution is -2.31. The van der Waals surface area contributed by atoms with E-state index in [1.807, 2.05) is 26.8 Å². The maximum atomic E-state index is 13.3. The zero-order valence-electron chi connectivity index (χ0n) is 13.2. The summed E-state index contributed by atoms with van der Waals surface area (Å²) in [6.45, 7) is 9.70. The van der Waals surface area contributed by atoms with Crippen LogP contribution in [-0.2, 0) is 0 Å². The Morgan fingerprint density at radius 3 is 2.67 bits per heavy atom. The highest BCUT2D eigenvalue weighted by molar-refractivity contribution is 5.97. The smallest absolute Gasteiger partial charge is 0.123 e. The minimum atomic E-state index is -0.284. The molecule has 0 saturated heterocycles. The molecule has 0 radical (unpaired) electrons. The van der Waals surface area contributed by atoms with Crippen LogP contribution in [0.5, 0.6) is 0 Å². The van der Waals surface area contributed by atoms with Crippen molar-refractivity contribution in [2.75, 3.05) is 0 Å². The van der Waals surface area contributed by atoms with Crippen molar-refractivity contribution in [3.8, 4) is 0 Å². The number of hydrogen-bond acceptors (Lipinski definition) is 2. The Kier molecular flexibility index (Phi) is 7.07. The van der Waals surface area contributed by atoms with Crippen LogP contribution in [0.15, 0.2) is 41.6 Å². The molecule has 0 unspecified atom stereocenters. The van der Waals surface area contributed by atoms with Crippen LogP contribution in [0.1, 0.15) is 47.0 Å². The second-order valence-electron chi connectivity index (χ2n) is 4.86. The topological polar surface area (TPSA) is 38.4 Å². The second kappa shape index (κ2) is 8.56. The van der Waals surface area contributed by atoms with Gasteiger partial charge in [0.25, 0.3) is 0 Å². The highest BCUT2D eigenvalue weighted by atomic mass is 19.1. The first-order valence-electron chi connectivity index (χ1n) is 7.65. The van der Waals surface area contributed by atoms with Crippen molar-refractivity contribution in [2.24, 2.45) is 16.6 Å². The van der Waals surface area contributed by atoms with E-state index < -0.39 is 0 Å². The average molecular weight is 290 g/mol. The molecule has 0 heterocycles. The number of aliphatic imine (C=N–C) groups is 1. The van der Waals surface area contributed by atoms with E-state index in [9.17, 15) is 4.39 Å². The Hall–Kier alpha value is -1.70. The predicted octanol–water partition coefficient (Wildman–Crippen LogP) is 4.81. The number of hydrogen-bond donors (Lipinski definition) is 1. The van der Waals surface area contributed by atoms with Crippen molar-refractivity contribution < 1.29 is 5.82 Å². The maximum absolute atomic E-state index is 13.3. The van der Waals surface area contributed by atoms with Crippen LogP contribution >= 0.6 is 0 Å². The monoisotopic (exact) mass is 290 g/mol. The van der Waals surface area contributed by atoms with Gasteiger partial charge in [0.2, 0.25) is 0 Å². The highest BCUT2D eigenvalue weighted by Crippen LogP contribution is 2.33. The fourth-order valence-corrected chi connectivity index (χ4v) is 2.04. The third kappa shape index (κ3) is 4.96. The van der Waals surface area contributed by atoms with Crippen molar-refractivity contribution in [1.82, 2.24) is 0 Å². The molecule has 1 saturated carbocycles. The molecule has 3 heteroatoms. The molecular formula is C18H27FN2. The molecule has 1 atom stereocenters. The Bertz CT molecular complexity index is 544. The van der Waals surface area contributed by atoms with Crippen LogP contribution in [0.25, 0.3) is 5.70 Å². The average Bonchev–Trinajstić information content (AvgIpc) is 3.34. The Balaban J connectivity index is 0.00000141. The van der Waals surface area contributed by atoms with Gasteiger partial charge < -0.3 is 5.73 Å². The zero-order valence-corrected chi connectivity index (χ0v) is 13.2. The molecule has 0 spiro atoms. The van der Waals surface area contributed by atoms with E-state index >= 15 is 0 Å². The second-order valence-corrected chi connectivity index (χ2v) is 4.86. The van der Waals surface area contributed by atoms with Gasteiger partial charge in [0.1, 0.15) is 11.5 Å². The molecule has 0 aliphatic heterocycles. The molecule has 1 aromatic carbocycles. The van der Waals surface area contributed by atoms with E-state index in [1.165, 1.54) is 12.1 Å². The molecule has 1 aliphatic carbocycles. The third-order valence-corrected chi connectivity index (χ3v) is 3.32. The predicted molar refractivity (Wildman–Crippen MR) is 90.8 cm³/mol. The third-order valence-electron chi connectivity index (χ3n) is 3.32. The summed E-state index contributed by atoms with van der Waals surface area (Å²) in [6, 6.07) is 6.28. The minimum absolute atomic E-state index is 0. The van der Waals surface area contributed by atoms with Crippen LogP contribution in [0.2, 0.25) is 0 Å². The van der Waals surface area contributed by atoms with Crippen molar-refractivity contribution in [1.29, 1.82) is 0 Å². The lowest BCUT2D eigenvalue weighted by atomic mass is 10.1. The summed E-state index contributed by atoms with van der Waals surface area (Å²) >= 11 is 0. The van der Waals surface area contributed by atoms with E-state index in [-0.39, 0.29) is 13.3 Å². The van der Waals surface area contributed by atoms with Gasteiger partial charge in [-0.1, -0.05) is 39.5 Å². The molecule has 2 N–H and O–H groups in total. The summed E-state index contributed by atoms with van der Waals surface area (Å²) in [6.07, 6.45) is 3.13. The SMILES string of the molecule is C=C=C(N=C(C1CC1)[C@@H](N)CC)c1cccc(F)c1.CC.[HH]. The quantitative estimate of drug-likeness (QED) is 0.613. The maximum Gasteiger partial charge on any atom is 0.123 e. The Labute approximate surface area is 128 Å². The standard InChI is InChI=1S/C16H19FN2.C2H6.H2/c1-3-14(18)16(11-8-9-11)19-15(4-2)12-6-5-7-13(17)10-12;1-2;/h5-7,10-11,14H,2-3,8-9,18H2,1H3;1-2H3;1H/t14-;;/m0../s1. The molecule has 0 bridgehead atoms. The first-order valence-corrected chi connectivity index (χ1v) is 7.65. The molecule has 1 aliphatic rings. The minimum Gasteiger partial charge on any atom is -0.323 e. The van der Waals surface area contributed by atoms with Gasteiger partial charge in [-0.05, 0) is 37.3 Å². The molecule has 21 heavy (non-hydrogen) atoms. The van der Waals surface area contributed by atoms with Gasteiger partial charge in [-0.2, -0.15) is 0 Å². The van der Waals surface area contributed by atoms with E-state index in [1.54, 1.807) is 6.07 Å².